The van der Waals surface area contributed by atoms with Crippen molar-refractivity contribution >= 4 is 0 Å². The minimum atomic E-state index is -4.05. The largest absolute Gasteiger partial charge is 0.389 e. The Morgan fingerprint density at radius 3 is 2.31 bits per heavy atom. The van der Waals surface area contributed by atoms with Crippen molar-refractivity contribution in [2.45, 2.75) is 45.2 Å². The van der Waals surface area contributed by atoms with Crippen LogP contribution in [0.4, 0.5) is 13.2 Å². The third-order valence-electron chi connectivity index (χ3n) is 2.07. The van der Waals surface area contributed by atoms with Crippen molar-refractivity contribution in [3.8, 4) is 0 Å². The van der Waals surface area contributed by atoms with E-state index in [4.69, 9.17) is 4.74 Å². The molecule has 0 aliphatic rings. The van der Waals surface area contributed by atoms with Crippen LogP contribution in [0.5, 0.6) is 0 Å². The molecule has 0 saturated carbocycles. The summed E-state index contributed by atoms with van der Waals surface area (Å²) in [5.74, 6) is 0. The van der Waals surface area contributed by atoms with Gasteiger partial charge in [-0.25, -0.2) is 0 Å². The van der Waals surface area contributed by atoms with Crippen molar-refractivity contribution in [1.29, 1.82) is 0 Å². The van der Waals surface area contributed by atoms with E-state index in [-0.39, 0.29) is 13.0 Å². The summed E-state index contributed by atoms with van der Waals surface area (Å²) < 4.78 is 40.3. The van der Waals surface area contributed by atoms with Crippen LogP contribution in [0.3, 0.4) is 0 Å². The summed E-state index contributed by atoms with van der Waals surface area (Å²) in [4.78, 5) is 0. The van der Waals surface area contributed by atoms with Crippen LogP contribution < -0.4 is 5.32 Å². The van der Waals surface area contributed by atoms with Crippen molar-refractivity contribution in [3.63, 3.8) is 0 Å². The zero-order valence-corrected chi connectivity index (χ0v) is 9.91. The predicted molar refractivity (Wildman–Crippen MR) is 58.5 cm³/mol. The van der Waals surface area contributed by atoms with Crippen molar-refractivity contribution in [2.24, 2.45) is 0 Å². The van der Waals surface area contributed by atoms with E-state index < -0.39 is 12.6 Å². The van der Waals surface area contributed by atoms with Gasteiger partial charge in [0.05, 0.1) is 0 Å². The molecule has 0 heterocycles. The van der Waals surface area contributed by atoms with Gasteiger partial charge in [0.25, 0.3) is 0 Å². The van der Waals surface area contributed by atoms with Gasteiger partial charge in [0, 0.05) is 19.6 Å². The smallest absolute Gasteiger partial charge is 0.381 e. The first-order valence-corrected chi connectivity index (χ1v) is 5.91. The van der Waals surface area contributed by atoms with Gasteiger partial charge in [0.15, 0.2) is 0 Å². The van der Waals surface area contributed by atoms with Crippen molar-refractivity contribution in [3.05, 3.63) is 0 Å². The van der Waals surface area contributed by atoms with Gasteiger partial charge < -0.3 is 10.1 Å². The Labute approximate surface area is 95.5 Å². The SMILES string of the molecule is CCCNCCCCOCCCC(F)(F)F. The topological polar surface area (TPSA) is 21.3 Å². The minimum absolute atomic E-state index is 0.0670. The lowest BCUT2D eigenvalue weighted by molar-refractivity contribution is -0.137. The van der Waals surface area contributed by atoms with Crippen LogP contribution >= 0.6 is 0 Å². The van der Waals surface area contributed by atoms with E-state index in [1.54, 1.807) is 0 Å². The fourth-order valence-electron chi connectivity index (χ4n) is 1.23. The Bertz CT molecular complexity index is 151. The van der Waals surface area contributed by atoms with E-state index in [1.807, 2.05) is 0 Å². The maximum Gasteiger partial charge on any atom is 0.389 e. The molecular formula is C11H22F3NO. The Morgan fingerprint density at radius 2 is 1.69 bits per heavy atom. The van der Waals surface area contributed by atoms with E-state index >= 15 is 0 Å². The molecule has 0 fully saturated rings. The van der Waals surface area contributed by atoms with Crippen LogP contribution in [-0.2, 0) is 4.74 Å². The van der Waals surface area contributed by atoms with E-state index in [2.05, 4.69) is 12.2 Å². The second-order valence-corrected chi connectivity index (χ2v) is 3.79. The Balaban J connectivity index is 2.99. The molecule has 0 aliphatic carbocycles. The summed E-state index contributed by atoms with van der Waals surface area (Å²) in [7, 11) is 0. The molecule has 0 rings (SSSR count). The third kappa shape index (κ3) is 13.7. The molecule has 2 nitrogen and oxygen atoms in total. The summed E-state index contributed by atoms with van der Waals surface area (Å²) in [5.41, 5.74) is 0. The summed E-state index contributed by atoms with van der Waals surface area (Å²) >= 11 is 0. The number of ether oxygens (including phenoxy) is 1. The molecule has 5 heteroatoms. The first-order chi connectivity index (χ1) is 7.56. The van der Waals surface area contributed by atoms with Gasteiger partial charge in [-0.2, -0.15) is 13.2 Å². The van der Waals surface area contributed by atoms with Gasteiger partial charge >= 0.3 is 6.18 Å². The number of hydrogen-bond donors (Lipinski definition) is 1. The van der Waals surface area contributed by atoms with Crippen molar-refractivity contribution in [2.75, 3.05) is 26.3 Å². The molecule has 98 valence electrons. The first-order valence-electron chi connectivity index (χ1n) is 5.91. The van der Waals surface area contributed by atoms with Gasteiger partial charge in [-0.3, -0.25) is 0 Å². The molecule has 0 spiro atoms. The van der Waals surface area contributed by atoms with Gasteiger partial charge in [0.2, 0.25) is 0 Å². The Kier molecular flexibility index (Phi) is 9.72. The first kappa shape index (κ1) is 15.7. The number of unbranched alkanes of at least 4 members (excludes halogenated alkanes) is 1. The van der Waals surface area contributed by atoms with Crippen LogP contribution in [-0.4, -0.2) is 32.5 Å². The third-order valence-corrected chi connectivity index (χ3v) is 2.07. The lowest BCUT2D eigenvalue weighted by Gasteiger charge is -2.07. The predicted octanol–water partition coefficient (Wildman–Crippen LogP) is 3.13. The molecule has 0 saturated heterocycles. The summed E-state index contributed by atoms with van der Waals surface area (Å²) in [6.07, 6.45) is -1.69. The highest BCUT2D eigenvalue weighted by molar-refractivity contribution is 4.50. The van der Waals surface area contributed by atoms with E-state index in [9.17, 15) is 13.2 Å². The zero-order valence-electron chi connectivity index (χ0n) is 9.91. The standard InChI is InChI=1S/C11H22F3NO/c1-2-7-15-8-3-4-9-16-10-5-6-11(12,13)14/h15H,2-10H2,1H3. The summed E-state index contributed by atoms with van der Waals surface area (Å²) in [6.45, 7) is 4.86. The number of hydrogen-bond acceptors (Lipinski definition) is 2. The van der Waals surface area contributed by atoms with E-state index in [1.165, 1.54) is 0 Å². The lowest BCUT2D eigenvalue weighted by Crippen LogP contribution is -2.16. The number of rotatable bonds is 10. The van der Waals surface area contributed by atoms with Gasteiger partial charge in [-0.15, -0.1) is 0 Å². The molecule has 0 aromatic heterocycles. The fraction of sp³-hybridized carbons (Fsp3) is 1.00. The average molecular weight is 241 g/mol. The molecular weight excluding hydrogens is 219 g/mol. The Hall–Kier alpha value is -0.290. The van der Waals surface area contributed by atoms with E-state index in [0.29, 0.717) is 6.61 Å². The maximum atomic E-state index is 11.7. The molecule has 0 aromatic rings. The van der Waals surface area contributed by atoms with Gasteiger partial charge in [-0.05, 0) is 38.8 Å². The van der Waals surface area contributed by atoms with Crippen LogP contribution in [0.25, 0.3) is 0 Å². The highest BCUT2D eigenvalue weighted by atomic mass is 19.4. The number of nitrogens with one attached hydrogen (secondary N) is 1. The summed E-state index contributed by atoms with van der Waals surface area (Å²) in [5, 5.41) is 3.25. The molecule has 0 radical (unpaired) electrons. The van der Waals surface area contributed by atoms with Crippen molar-refractivity contribution < 1.29 is 17.9 Å². The average Bonchev–Trinajstić information content (AvgIpc) is 2.19. The van der Waals surface area contributed by atoms with Crippen molar-refractivity contribution in [1.82, 2.24) is 5.32 Å². The molecule has 0 amide bonds. The van der Waals surface area contributed by atoms with E-state index in [0.717, 1.165) is 32.4 Å². The van der Waals surface area contributed by atoms with Gasteiger partial charge in [-0.1, -0.05) is 6.92 Å². The second-order valence-electron chi connectivity index (χ2n) is 3.79. The lowest BCUT2D eigenvalue weighted by atomic mass is 10.3. The highest BCUT2D eigenvalue weighted by Gasteiger charge is 2.25. The van der Waals surface area contributed by atoms with Crippen LogP contribution in [0.2, 0.25) is 0 Å². The normalized spacial score (nSPS) is 12.0. The maximum absolute atomic E-state index is 11.7. The Morgan fingerprint density at radius 1 is 1.00 bits per heavy atom. The molecule has 0 atom stereocenters. The molecule has 0 unspecified atom stereocenters. The molecule has 0 aliphatic heterocycles. The zero-order chi connectivity index (χ0) is 12.3. The van der Waals surface area contributed by atoms with Crippen LogP contribution in [0.15, 0.2) is 0 Å². The molecule has 1 N–H and O–H groups in total. The van der Waals surface area contributed by atoms with Crippen LogP contribution in [0, 0.1) is 0 Å². The highest BCUT2D eigenvalue weighted by Crippen LogP contribution is 2.20. The number of halogens is 3. The molecule has 0 aromatic carbocycles. The monoisotopic (exact) mass is 241 g/mol. The fourth-order valence-corrected chi connectivity index (χ4v) is 1.23. The van der Waals surface area contributed by atoms with Crippen LogP contribution in [0.1, 0.15) is 39.0 Å². The second kappa shape index (κ2) is 9.90. The quantitative estimate of drug-likeness (QED) is 0.593. The molecule has 0 bridgehead atoms. The summed E-state index contributed by atoms with van der Waals surface area (Å²) in [6, 6.07) is 0. The minimum Gasteiger partial charge on any atom is -0.381 e. The number of alkyl halides is 3. The molecule has 16 heavy (non-hydrogen) atoms. The van der Waals surface area contributed by atoms with Gasteiger partial charge in [0.1, 0.15) is 0 Å².